The molecule has 0 aliphatic carbocycles. The maximum atomic E-state index is 13.0. The number of amides is 1. The monoisotopic (exact) mass is 416 g/mol. The van der Waals surface area contributed by atoms with E-state index in [-0.39, 0.29) is 17.4 Å². The fraction of sp³-hybridized carbons (Fsp3) is 0.381. The van der Waals surface area contributed by atoms with E-state index >= 15 is 0 Å². The molecular formula is C21H24N2O5S. The molecule has 0 saturated carbocycles. The Morgan fingerprint density at radius 3 is 2.45 bits per heavy atom. The Morgan fingerprint density at radius 2 is 1.76 bits per heavy atom. The summed E-state index contributed by atoms with van der Waals surface area (Å²) in [6, 6.07) is 11.7. The Bertz CT molecular complexity index is 1010. The van der Waals surface area contributed by atoms with Crippen LogP contribution in [0.5, 0.6) is 11.5 Å². The number of hydrogen-bond donors (Lipinski definition) is 0. The molecule has 1 fully saturated rings. The third-order valence-corrected chi connectivity index (χ3v) is 7.11. The first kappa shape index (κ1) is 19.6. The number of carbonyl (C=O) groups excluding carboxylic acids is 1. The van der Waals surface area contributed by atoms with Gasteiger partial charge in [0.2, 0.25) is 6.10 Å². The SMILES string of the molecule is Cc1ccc(N(C)S(=O)(=O)c2ccc3c(c2)OCC(C(=O)N2CCCC2)O3)cc1. The second kappa shape index (κ2) is 7.59. The molecule has 2 aliphatic heterocycles. The van der Waals surface area contributed by atoms with Crippen LogP contribution in [0.25, 0.3) is 0 Å². The van der Waals surface area contributed by atoms with Crippen LogP contribution in [0.4, 0.5) is 5.69 Å². The molecule has 8 heteroatoms. The molecule has 2 aromatic rings. The van der Waals surface area contributed by atoms with Crippen LogP contribution in [0.1, 0.15) is 18.4 Å². The van der Waals surface area contributed by atoms with Crippen LogP contribution in [0.15, 0.2) is 47.4 Å². The number of rotatable bonds is 4. The van der Waals surface area contributed by atoms with Crippen molar-refractivity contribution in [1.82, 2.24) is 4.90 Å². The number of ether oxygens (including phenoxy) is 2. The quantitative estimate of drug-likeness (QED) is 0.766. The summed E-state index contributed by atoms with van der Waals surface area (Å²) in [6.07, 6.45) is 1.32. The first-order valence-electron chi connectivity index (χ1n) is 9.64. The summed E-state index contributed by atoms with van der Waals surface area (Å²) >= 11 is 0. The molecule has 0 bridgehead atoms. The third kappa shape index (κ3) is 3.76. The highest BCUT2D eigenvalue weighted by Gasteiger charge is 2.33. The Hall–Kier alpha value is -2.74. The summed E-state index contributed by atoms with van der Waals surface area (Å²) in [5.41, 5.74) is 1.62. The van der Waals surface area contributed by atoms with Gasteiger partial charge in [-0.1, -0.05) is 17.7 Å². The topological polar surface area (TPSA) is 76.2 Å². The number of hydrogen-bond acceptors (Lipinski definition) is 5. The average Bonchev–Trinajstić information content (AvgIpc) is 3.27. The van der Waals surface area contributed by atoms with Crippen molar-refractivity contribution < 1.29 is 22.7 Å². The molecule has 2 aliphatic rings. The van der Waals surface area contributed by atoms with Crippen LogP contribution in [-0.4, -0.2) is 52.1 Å². The van der Waals surface area contributed by atoms with Crippen LogP contribution < -0.4 is 13.8 Å². The number of carbonyl (C=O) groups is 1. The van der Waals surface area contributed by atoms with Crippen molar-refractivity contribution in [3.05, 3.63) is 48.0 Å². The van der Waals surface area contributed by atoms with E-state index in [1.807, 2.05) is 19.1 Å². The van der Waals surface area contributed by atoms with Gasteiger partial charge >= 0.3 is 0 Å². The fourth-order valence-electron chi connectivity index (χ4n) is 3.53. The lowest BCUT2D eigenvalue weighted by Crippen LogP contribution is -2.45. The molecule has 2 aromatic carbocycles. The van der Waals surface area contributed by atoms with Crippen LogP contribution in [0.3, 0.4) is 0 Å². The maximum absolute atomic E-state index is 13.0. The smallest absolute Gasteiger partial charge is 0.267 e. The van der Waals surface area contributed by atoms with Gasteiger partial charge < -0.3 is 14.4 Å². The van der Waals surface area contributed by atoms with E-state index in [1.54, 1.807) is 23.1 Å². The van der Waals surface area contributed by atoms with Crippen LogP contribution in [0.2, 0.25) is 0 Å². The van der Waals surface area contributed by atoms with E-state index in [0.29, 0.717) is 17.2 Å². The van der Waals surface area contributed by atoms with Crippen molar-refractivity contribution in [1.29, 1.82) is 0 Å². The average molecular weight is 416 g/mol. The lowest BCUT2D eigenvalue weighted by molar-refractivity contribution is -0.140. The number of benzene rings is 2. The van der Waals surface area contributed by atoms with E-state index in [0.717, 1.165) is 31.5 Å². The van der Waals surface area contributed by atoms with Crippen molar-refractivity contribution in [2.75, 3.05) is 31.0 Å². The summed E-state index contributed by atoms with van der Waals surface area (Å²) < 4.78 is 38.8. The zero-order valence-electron chi connectivity index (χ0n) is 16.5. The molecule has 29 heavy (non-hydrogen) atoms. The highest BCUT2D eigenvalue weighted by atomic mass is 32.2. The van der Waals surface area contributed by atoms with Crippen LogP contribution >= 0.6 is 0 Å². The number of anilines is 1. The van der Waals surface area contributed by atoms with Crippen molar-refractivity contribution >= 4 is 21.6 Å². The Labute approximate surface area is 170 Å². The number of likely N-dealkylation sites (tertiary alicyclic amines) is 1. The number of fused-ring (bicyclic) bond motifs is 1. The van der Waals surface area contributed by atoms with Crippen molar-refractivity contribution in [2.45, 2.75) is 30.8 Å². The predicted molar refractivity (Wildman–Crippen MR) is 109 cm³/mol. The lowest BCUT2D eigenvalue weighted by Gasteiger charge is -2.29. The molecule has 1 unspecified atom stereocenters. The van der Waals surface area contributed by atoms with Gasteiger partial charge in [0.15, 0.2) is 11.5 Å². The molecule has 1 amide bonds. The molecule has 7 nitrogen and oxygen atoms in total. The minimum atomic E-state index is -3.76. The fourth-order valence-corrected chi connectivity index (χ4v) is 4.74. The van der Waals surface area contributed by atoms with E-state index in [4.69, 9.17) is 9.47 Å². The predicted octanol–water partition coefficient (Wildman–Crippen LogP) is 2.58. The molecular weight excluding hydrogens is 392 g/mol. The van der Waals surface area contributed by atoms with E-state index in [1.165, 1.54) is 23.5 Å². The maximum Gasteiger partial charge on any atom is 0.267 e. The first-order chi connectivity index (χ1) is 13.9. The largest absolute Gasteiger partial charge is 0.485 e. The van der Waals surface area contributed by atoms with Crippen molar-refractivity contribution in [3.63, 3.8) is 0 Å². The Kier molecular flexibility index (Phi) is 5.12. The summed E-state index contributed by atoms with van der Waals surface area (Å²) in [7, 11) is -2.24. The summed E-state index contributed by atoms with van der Waals surface area (Å²) in [5.74, 6) is 0.628. The summed E-state index contributed by atoms with van der Waals surface area (Å²) in [6.45, 7) is 3.50. The van der Waals surface area contributed by atoms with Gasteiger partial charge in [0.25, 0.3) is 15.9 Å². The number of sulfonamides is 1. The minimum Gasteiger partial charge on any atom is -0.485 e. The zero-order valence-corrected chi connectivity index (χ0v) is 17.3. The second-order valence-corrected chi connectivity index (χ2v) is 9.34. The molecule has 4 rings (SSSR count). The molecule has 1 atom stereocenters. The molecule has 154 valence electrons. The zero-order chi connectivity index (χ0) is 20.6. The van der Waals surface area contributed by atoms with Gasteiger partial charge in [-0.05, 0) is 44.0 Å². The Balaban J connectivity index is 1.54. The van der Waals surface area contributed by atoms with Gasteiger partial charge in [-0.3, -0.25) is 9.10 Å². The third-order valence-electron chi connectivity index (χ3n) is 5.32. The van der Waals surface area contributed by atoms with Crippen molar-refractivity contribution in [3.8, 4) is 11.5 Å². The van der Waals surface area contributed by atoms with Gasteiger partial charge in [0.1, 0.15) is 6.61 Å². The summed E-state index contributed by atoms with van der Waals surface area (Å²) in [4.78, 5) is 14.4. The molecule has 0 radical (unpaired) electrons. The summed E-state index contributed by atoms with van der Waals surface area (Å²) in [5, 5.41) is 0. The van der Waals surface area contributed by atoms with Gasteiger partial charge in [0, 0.05) is 26.2 Å². The van der Waals surface area contributed by atoms with E-state index < -0.39 is 16.1 Å². The van der Waals surface area contributed by atoms with Gasteiger partial charge in [-0.25, -0.2) is 8.42 Å². The molecule has 2 heterocycles. The van der Waals surface area contributed by atoms with E-state index in [9.17, 15) is 13.2 Å². The lowest BCUT2D eigenvalue weighted by atomic mass is 10.2. The molecule has 1 saturated heterocycles. The molecule has 0 spiro atoms. The molecule has 0 N–H and O–H groups in total. The highest BCUT2D eigenvalue weighted by molar-refractivity contribution is 7.92. The normalized spacial score (nSPS) is 18.6. The number of nitrogens with zero attached hydrogens (tertiary/aromatic N) is 2. The van der Waals surface area contributed by atoms with Gasteiger partial charge in [0.05, 0.1) is 10.6 Å². The van der Waals surface area contributed by atoms with Gasteiger partial charge in [-0.2, -0.15) is 0 Å². The molecule has 0 aromatic heterocycles. The first-order valence-corrected chi connectivity index (χ1v) is 11.1. The van der Waals surface area contributed by atoms with E-state index in [2.05, 4.69) is 0 Å². The second-order valence-electron chi connectivity index (χ2n) is 7.37. The highest BCUT2D eigenvalue weighted by Crippen LogP contribution is 2.35. The standard InChI is InChI=1S/C21H24N2O5S/c1-15-5-7-16(8-6-15)22(2)29(25,26)17-9-10-18-19(13-17)27-14-20(28-18)21(24)23-11-3-4-12-23/h5-10,13,20H,3-4,11-12,14H2,1-2H3. The van der Waals surface area contributed by atoms with Crippen LogP contribution in [-0.2, 0) is 14.8 Å². The Morgan fingerprint density at radius 1 is 1.07 bits per heavy atom. The number of aryl methyl sites for hydroxylation is 1. The van der Waals surface area contributed by atoms with Gasteiger partial charge in [-0.15, -0.1) is 0 Å². The van der Waals surface area contributed by atoms with Crippen molar-refractivity contribution in [2.24, 2.45) is 0 Å². The van der Waals surface area contributed by atoms with Crippen LogP contribution in [0, 0.1) is 6.92 Å². The minimum absolute atomic E-state index is 0.0691.